The van der Waals surface area contributed by atoms with Crippen LogP contribution in [0.15, 0.2) is 16.7 Å². The molecule has 1 aromatic rings. The second kappa shape index (κ2) is 5.23. The number of piperidine rings is 1. The molecule has 2 N–H and O–H groups in total. The lowest BCUT2D eigenvalue weighted by Crippen LogP contribution is -2.40. The first-order valence-corrected chi connectivity index (χ1v) is 6.72. The number of aryl methyl sites for hydroxylation is 1. The van der Waals surface area contributed by atoms with Crippen LogP contribution in [0.2, 0.25) is 0 Å². The maximum absolute atomic E-state index is 12.3. The van der Waals surface area contributed by atoms with E-state index in [1.165, 1.54) is 0 Å². The molecule has 1 aliphatic heterocycles. The lowest BCUT2D eigenvalue weighted by atomic mass is 9.97. The summed E-state index contributed by atoms with van der Waals surface area (Å²) in [4.78, 5) is 14.2. The summed E-state index contributed by atoms with van der Waals surface area (Å²) in [5.41, 5.74) is 6.39. The summed E-state index contributed by atoms with van der Waals surface area (Å²) in [6.45, 7) is 2.38. The molecule has 0 saturated carbocycles. The Balaban J connectivity index is 2.04. The van der Waals surface area contributed by atoms with Gasteiger partial charge in [0.05, 0.1) is 0 Å². The average Bonchev–Trinajstić information content (AvgIpc) is 2.68. The van der Waals surface area contributed by atoms with Gasteiger partial charge in [-0.2, -0.15) is 0 Å². The monoisotopic (exact) mass is 299 g/mol. The summed E-state index contributed by atoms with van der Waals surface area (Å²) in [5.74, 6) is 0.702. The van der Waals surface area contributed by atoms with E-state index >= 15 is 0 Å². The highest BCUT2D eigenvalue weighted by molar-refractivity contribution is 9.10. The van der Waals surface area contributed by atoms with Crippen LogP contribution < -0.4 is 5.73 Å². The minimum Gasteiger partial charge on any atom is -0.345 e. The standard InChI is InChI=1S/C12H18BrN3O/c1-15-8-10(13)6-11(15)12(17)16-4-2-9(7-14)3-5-16/h6,8-9H,2-5,7,14H2,1H3. The highest BCUT2D eigenvalue weighted by Gasteiger charge is 2.24. The summed E-state index contributed by atoms with van der Waals surface area (Å²) in [6, 6.07) is 1.87. The molecular weight excluding hydrogens is 282 g/mol. The van der Waals surface area contributed by atoms with Crippen LogP contribution in [-0.2, 0) is 7.05 Å². The van der Waals surface area contributed by atoms with Crippen LogP contribution in [-0.4, -0.2) is 35.0 Å². The van der Waals surface area contributed by atoms with Crippen molar-refractivity contribution in [1.82, 2.24) is 9.47 Å². The van der Waals surface area contributed by atoms with Gasteiger partial charge in [-0.1, -0.05) is 0 Å². The van der Waals surface area contributed by atoms with Crippen molar-refractivity contribution in [2.45, 2.75) is 12.8 Å². The molecule has 0 bridgehead atoms. The molecule has 1 aromatic heterocycles. The fourth-order valence-corrected chi connectivity index (χ4v) is 2.79. The van der Waals surface area contributed by atoms with Gasteiger partial charge in [-0.05, 0) is 47.3 Å². The molecule has 1 amide bonds. The van der Waals surface area contributed by atoms with E-state index in [9.17, 15) is 4.79 Å². The van der Waals surface area contributed by atoms with Crippen LogP contribution >= 0.6 is 15.9 Å². The lowest BCUT2D eigenvalue weighted by molar-refractivity contribution is 0.0684. The van der Waals surface area contributed by atoms with Crippen molar-refractivity contribution in [3.05, 3.63) is 22.4 Å². The summed E-state index contributed by atoms with van der Waals surface area (Å²) in [6.07, 6.45) is 3.95. The highest BCUT2D eigenvalue weighted by atomic mass is 79.9. The largest absolute Gasteiger partial charge is 0.345 e. The Morgan fingerprint density at radius 3 is 2.65 bits per heavy atom. The zero-order valence-electron chi connectivity index (χ0n) is 10.0. The van der Waals surface area contributed by atoms with Crippen LogP contribution in [0.3, 0.4) is 0 Å². The van der Waals surface area contributed by atoms with E-state index in [-0.39, 0.29) is 5.91 Å². The van der Waals surface area contributed by atoms with Crippen LogP contribution in [0.5, 0.6) is 0 Å². The Morgan fingerprint density at radius 2 is 2.18 bits per heavy atom. The molecule has 0 aromatic carbocycles. The van der Waals surface area contributed by atoms with Gasteiger partial charge in [0, 0.05) is 30.8 Å². The molecule has 0 aliphatic carbocycles. The molecule has 94 valence electrons. The fourth-order valence-electron chi connectivity index (χ4n) is 2.27. The van der Waals surface area contributed by atoms with E-state index < -0.39 is 0 Å². The molecule has 1 fully saturated rings. The van der Waals surface area contributed by atoms with Crippen LogP contribution in [0.25, 0.3) is 0 Å². The van der Waals surface area contributed by atoms with Gasteiger partial charge in [0.25, 0.3) is 5.91 Å². The van der Waals surface area contributed by atoms with Gasteiger partial charge < -0.3 is 15.2 Å². The van der Waals surface area contributed by atoms with E-state index in [2.05, 4.69) is 15.9 Å². The topological polar surface area (TPSA) is 51.3 Å². The number of amides is 1. The average molecular weight is 300 g/mol. The van der Waals surface area contributed by atoms with Crippen LogP contribution in [0, 0.1) is 5.92 Å². The number of hydrogen-bond acceptors (Lipinski definition) is 2. The van der Waals surface area contributed by atoms with Crippen molar-refractivity contribution in [3.8, 4) is 0 Å². The molecule has 1 saturated heterocycles. The second-order valence-corrected chi connectivity index (χ2v) is 5.54. The summed E-state index contributed by atoms with van der Waals surface area (Å²) in [7, 11) is 1.89. The highest BCUT2D eigenvalue weighted by Crippen LogP contribution is 2.20. The number of nitrogens with zero attached hydrogens (tertiary/aromatic N) is 2. The third-order valence-corrected chi connectivity index (χ3v) is 3.86. The third-order valence-electron chi connectivity index (χ3n) is 3.43. The van der Waals surface area contributed by atoms with Gasteiger partial charge in [-0.15, -0.1) is 0 Å². The molecule has 4 nitrogen and oxygen atoms in total. The Bertz CT molecular complexity index is 408. The number of rotatable bonds is 2. The van der Waals surface area contributed by atoms with Gasteiger partial charge >= 0.3 is 0 Å². The van der Waals surface area contributed by atoms with Crippen LogP contribution in [0.1, 0.15) is 23.3 Å². The quantitative estimate of drug-likeness (QED) is 0.902. The van der Waals surface area contributed by atoms with E-state index in [0.29, 0.717) is 5.92 Å². The Hall–Kier alpha value is -0.810. The fraction of sp³-hybridized carbons (Fsp3) is 0.583. The summed E-state index contributed by atoms with van der Waals surface area (Å²) < 4.78 is 2.81. The predicted octanol–water partition coefficient (Wildman–Crippen LogP) is 1.60. The Kier molecular flexibility index (Phi) is 3.89. The molecule has 0 spiro atoms. The molecule has 17 heavy (non-hydrogen) atoms. The van der Waals surface area contributed by atoms with Gasteiger partial charge in [-0.25, -0.2) is 0 Å². The third kappa shape index (κ3) is 2.72. The van der Waals surface area contributed by atoms with Gasteiger partial charge in [-0.3, -0.25) is 4.79 Å². The number of carbonyl (C=O) groups is 1. The molecule has 0 atom stereocenters. The van der Waals surface area contributed by atoms with Crippen molar-refractivity contribution in [3.63, 3.8) is 0 Å². The van der Waals surface area contributed by atoms with Crippen molar-refractivity contribution in [2.24, 2.45) is 18.7 Å². The first-order chi connectivity index (χ1) is 8.11. The molecule has 0 unspecified atom stereocenters. The van der Waals surface area contributed by atoms with Crippen molar-refractivity contribution in [1.29, 1.82) is 0 Å². The number of aromatic nitrogens is 1. The minimum absolute atomic E-state index is 0.119. The zero-order chi connectivity index (χ0) is 12.4. The summed E-state index contributed by atoms with van der Waals surface area (Å²) >= 11 is 3.39. The molecule has 1 aliphatic rings. The van der Waals surface area contributed by atoms with E-state index in [4.69, 9.17) is 5.73 Å². The number of hydrogen-bond donors (Lipinski definition) is 1. The normalized spacial score (nSPS) is 17.5. The lowest BCUT2D eigenvalue weighted by Gasteiger charge is -2.31. The SMILES string of the molecule is Cn1cc(Br)cc1C(=O)N1CCC(CN)CC1. The Labute approximate surface area is 110 Å². The maximum atomic E-state index is 12.3. The van der Waals surface area contributed by atoms with Crippen LogP contribution in [0.4, 0.5) is 0 Å². The molecule has 2 rings (SSSR count). The minimum atomic E-state index is 0.119. The predicted molar refractivity (Wildman–Crippen MR) is 70.8 cm³/mol. The first kappa shape index (κ1) is 12.6. The van der Waals surface area contributed by atoms with Gasteiger partial charge in [0.15, 0.2) is 0 Å². The van der Waals surface area contributed by atoms with Gasteiger partial charge in [0.1, 0.15) is 5.69 Å². The Morgan fingerprint density at radius 1 is 1.53 bits per heavy atom. The van der Waals surface area contributed by atoms with Crippen molar-refractivity contribution < 1.29 is 4.79 Å². The summed E-state index contributed by atoms with van der Waals surface area (Å²) in [5, 5.41) is 0. The van der Waals surface area contributed by atoms with Crippen molar-refractivity contribution in [2.75, 3.05) is 19.6 Å². The van der Waals surface area contributed by atoms with E-state index in [1.807, 2.05) is 28.8 Å². The first-order valence-electron chi connectivity index (χ1n) is 5.93. The number of halogens is 1. The molecule has 5 heteroatoms. The van der Waals surface area contributed by atoms with Gasteiger partial charge in [0.2, 0.25) is 0 Å². The van der Waals surface area contributed by atoms with E-state index in [1.54, 1.807) is 0 Å². The number of likely N-dealkylation sites (tertiary alicyclic amines) is 1. The molecular formula is C12H18BrN3O. The number of nitrogens with two attached hydrogens (primary N) is 1. The molecule has 2 heterocycles. The number of carbonyl (C=O) groups excluding carboxylic acids is 1. The maximum Gasteiger partial charge on any atom is 0.270 e. The smallest absolute Gasteiger partial charge is 0.270 e. The van der Waals surface area contributed by atoms with E-state index in [0.717, 1.165) is 42.6 Å². The molecule has 0 radical (unpaired) electrons. The zero-order valence-corrected chi connectivity index (χ0v) is 11.6. The van der Waals surface area contributed by atoms with Crippen molar-refractivity contribution >= 4 is 21.8 Å². The second-order valence-electron chi connectivity index (χ2n) is 4.63.